The van der Waals surface area contributed by atoms with E-state index >= 15 is 0 Å². The number of aryl methyl sites for hydroxylation is 1. The Morgan fingerprint density at radius 2 is 1.96 bits per heavy atom. The van der Waals surface area contributed by atoms with Crippen LogP contribution in [0.15, 0.2) is 30.3 Å². The molecule has 4 nitrogen and oxygen atoms in total. The lowest BCUT2D eigenvalue weighted by molar-refractivity contribution is -0.145. The first kappa shape index (κ1) is 18.3. The molecule has 24 heavy (non-hydrogen) atoms. The van der Waals surface area contributed by atoms with E-state index in [9.17, 15) is 22.8 Å². The Balaban J connectivity index is 1.79. The summed E-state index contributed by atoms with van der Waals surface area (Å²) in [5.41, 5.74) is 1.17. The minimum Gasteiger partial charge on any atom is -0.347 e. The van der Waals surface area contributed by atoms with Crippen molar-refractivity contribution in [3.05, 3.63) is 35.9 Å². The molecule has 1 unspecified atom stereocenters. The van der Waals surface area contributed by atoms with Crippen molar-refractivity contribution in [1.29, 1.82) is 0 Å². The highest BCUT2D eigenvalue weighted by atomic mass is 19.4. The van der Waals surface area contributed by atoms with Gasteiger partial charge in [-0.2, -0.15) is 13.2 Å². The van der Waals surface area contributed by atoms with Crippen LogP contribution in [-0.4, -0.2) is 42.5 Å². The van der Waals surface area contributed by atoms with Crippen LogP contribution in [0.4, 0.5) is 13.2 Å². The maximum atomic E-state index is 12.2. The molecule has 132 valence electrons. The Hall–Kier alpha value is -2.05. The number of benzene rings is 1. The summed E-state index contributed by atoms with van der Waals surface area (Å²) in [7, 11) is 0. The molecule has 1 atom stereocenters. The highest BCUT2D eigenvalue weighted by Crippen LogP contribution is 2.19. The monoisotopic (exact) mass is 342 g/mol. The summed E-state index contributed by atoms with van der Waals surface area (Å²) in [5, 5.41) is 1.91. The van der Waals surface area contributed by atoms with Gasteiger partial charge in [0.15, 0.2) is 0 Å². The van der Waals surface area contributed by atoms with Gasteiger partial charge >= 0.3 is 6.18 Å². The number of carbonyl (C=O) groups excluding carboxylic acids is 2. The van der Waals surface area contributed by atoms with Crippen LogP contribution in [0.5, 0.6) is 0 Å². The Morgan fingerprint density at radius 1 is 1.25 bits per heavy atom. The van der Waals surface area contributed by atoms with E-state index < -0.39 is 24.5 Å². The van der Waals surface area contributed by atoms with Crippen LogP contribution in [0.1, 0.15) is 24.8 Å². The number of alkyl halides is 3. The zero-order valence-corrected chi connectivity index (χ0v) is 13.3. The van der Waals surface area contributed by atoms with Gasteiger partial charge < -0.3 is 10.2 Å². The minimum atomic E-state index is -4.42. The average molecular weight is 342 g/mol. The van der Waals surface area contributed by atoms with Crippen molar-refractivity contribution >= 4 is 11.8 Å². The van der Waals surface area contributed by atoms with Crippen molar-refractivity contribution < 1.29 is 22.8 Å². The van der Waals surface area contributed by atoms with E-state index in [1.165, 1.54) is 5.56 Å². The number of rotatable bonds is 6. The molecule has 1 N–H and O–H groups in total. The molecule has 7 heteroatoms. The van der Waals surface area contributed by atoms with E-state index in [-0.39, 0.29) is 18.9 Å². The number of carbonyl (C=O) groups is 2. The second-order valence-electron chi connectivity index (χ2n) is 6.00. The molecule has 2 amide bonds. The average Bonchev–Trinajstić information content (AvgIpc) is 2.54. The van der Waals surface area contributed by atoms with Crippen molar-refractivity contribution in [1.82, 2.24) is 10.2 Å². The van der Waals surface area contributed by atoms with Crippen LogP contribution in [-0.2, 0) is 16.0 Å². The Bertz CT molecular complexity index is 561. The molecule has 1 aromatic carbocycles. The summed E-state index contributed by atoms with van der Waals surface area (Å²) >= 11 is 0. The van der Waals surface area contributed by atoms with Crippen LogP contribution in [0.3, 0.4) is 0 Å². The maximum Gasteiger partial charge on any atom is 0.405 e. The van der Waals surface area contributed by atoms with E-state index in [2.05, 4.69) is 0 Å². The SMILES string of the molecule is O=C(NCC(F)(F)F)C1CCC(=O)N(CCCc2ccccc2)C1. The van der Waals surface area contributed by atoms with Gasteiger partial charge in [-0.15, -0.1) is 0 Å². The van der Waals surface area contributed by atoms with Crippen molar-refractivity contribution in [2.45, 2.75) is 31.9 Å². The molecule has 0 bridgehead atoms. The van der Waals surface area contributed by atoms with Gasteiger partial charge in [0.05, 0.1) is 5.92 Å². The summed E-state index contributed by atoms with van der Waals surface area (Å²) in [6, 6.07) is 9.84. The normalized spacial score (nSPS) is 18.5. The third-order valence-corrected chi connectivity index (χ3v) is 4.07. The number of likely N-dealkylation sites (tertiary alicyclic amines) is 1. The largest absolute Gasteiger partial charge is 0.405 e. The summed E-state index contributed by atoms with van der Waals surface area (Å²) < 4.78 is 36.5. The number of nitrogens with zero attached hydrogens (tertiary/aromatic N) is 1. The quantitative estimate of drug-likeness (QED) is 0.864. The Kier molecular flexibility index (Phi) is 6.23. The lowest BCUT2D eigenvalue weighted by Gasteiger charge is -2.32. The second kappa shape index (κ2) is 8.17. The zero-order valence-electron chi connectivity index (χ0n) is 13.3. The predicted octanol–water partition coefficient (Wildman–Crippen LogP) is 2.54. The smallest absolute Gasteiger partial charge is 0.347 e. The number of amides is 2. The van der Waals surface area contributed by atoms with Gasteiger partial charge in [-0.25, -0.2) is 0 Å². The number of piperidine rings is 1. The first-order valence-corrected chi connectivity index (χ1v) is 8.01. The second-order valence-corrected chi connectivity index (χ2v) is 6.00. The fourth-order valence-electron chi connectivity index (χ4n) is 2.80. The summed E-state index contributed by atoms with van der Waals surface area (Å²) in [4.78, 5) is 25.4. The lowest BCUT2D eigenvalue weighted by atomic mass is 9.96. The highest BCUT2D eigenvalue weighted by Gasteiger charge is 2.33. The van der Waals surface area contributed by atoms with Crippen molar-refractivity contribution in [2.24, 2.45) is 5.92 Å². The number of hydrogen-bond donors (Lipinski definition) is 1. The number of halogens is 3. The highest BCUT2D eigenvalue weighted by molar-refractivity contribution is 5.83. The summed E-state index contributed by atoms with van der Waals surface area (Å²) in [5.74, 6) is -1.24. The molecule has 1 fully saturated rings. The van der Waals surface area contributed by atoms with Crippen LogP contribution in [0.2, 0.25) is 0 Å². The van der Waals surface area contributed by atoms with Crippen LogP contribution >= 0.6 is 0 Å². The van der Waals surface area contributed by atoms with Gasteiger partial charge in [-0.05, 0) is 24.8 Å². The van der Waals surface area contributed by atoms with Crippen LogP contribution in [0, 0.1) is 5.92 Å². The lowest BCUT2D eigenvalue weighted by Crippen LogP contribution is -2.47. The molecule has 1 aliphatic rings. The standard InChI is InChI=1S/C17H21F3N2O2/c18-17(19,20)12-21-16(24)14-8-9-15(23)22(11-14)10-4-7-13-5-2-1-3-6-13/h1-3,5-6,14H,4,7-12H2,(H,21,24). The van der Waals surface area contributed by atoms with Gasteiger partial charge in [0.25, 0.3) is 0 Å². The fourth-order valence-corrected chi connectivity index (χ4v) is 2.80. The van der Waals surface area contributed by atoms with Crippen molar-refractivity contribution in [3.63, 3.8) is 0 Å². The number of hydrogen-bond acceptors (Lipinski definition) is 2. The molecular formula is C17H21F3N2O2. The first-order valence-electron chi connectivity index (χ1n) is 8.01. The van der Waals surface area contributed by atoms with Gasteiger partial charge in [0.2, 0.25) is 11.8 Å². The van der Waals surface area contributed by atoms with E-state index in [1.54, 1.807) is 4.90 Å². The first-order chi connectivity index (χ1) is 11.3. The van der Waals surface area contributed by atoms with Crippen LogP contribution in [0.25, 0.3) is 0 Å². The van der Waals surface area contributed by atoms with Gasteiger partial charge in [0.1, 0.15) is 6.54 Å². The number of nitrogens with one attached hydrogen (secondary N) is 1. The molecule has 1 saturated heterocycles. The molecule has 0 saturated carbocycles. The maximum absolute atomic E-state index is 12.2. The third-order valence-electron chi connectivity index (χ3n) is 4.07. The molecule has 2 rings (SSSR count). The van der Waals surface area contributed by atoms with Crippen molar-refractivity contribution in [3.8, 4) is 0 Å². The Morgan fingerprint density at radius 3 is 2.62 bits per heavy atom. The molecule has 0 aliphatic carbocycles. The van der Waals surface area contributed by atoms with E-state index in [1.807, 2.05) is 35.6 Å². The predicted molar refractivity (Wildman–Crippen MR) is 83.1 cm³/mol. The minimum absolute atomic E-state index is 0.0390. The van der Waals surface area contributed by atoms with E-state index in [4.69, 9.17) is 0 Å². The topological polar surface area (TPSA) is 49.4 Å². The molecule has 0 radical (unpaired) electrons. The van der Waals surface area contributed by atoms with E-state index in [0.717, 1.165) is 12.8 Å². The summed E-state index contributed by atoms with van der Waals surface area (Å²) in [6.45, 7) is -0.627. The van der Waals surface area contributed by atoms with E-state index in [0.29, 0.717) is 13.0 Å². The molecule has 1 aromatic rings. The third kappa shape index (κ3) is 5.86. The van der Waals surface area contributed by atoms with Gasteiger partial charge in [0, 0.05) is 19.5 Å². The molecular weight excluding hydrogens is 321 g/mol. The van der Waals surface area contributed by atoms with Gasteiger partial charge in [-0.1, -0.05) is 30.3 Å². The Labute approximate surface area is 139 Å². The van der Waals surface area contributed by atoms with Gasteiger partial charge in [-0.3, -0.25) is 9.59 Å². The molecule has 1 aliphatic heterocycles. The molecule has 0 aromatic heterocycles. The van der Waals surface area contributed by atoms with Crippen LogP contribution < -0.4 is 5.32 Å². The molecule has 0 spiro atoms. The fraction of sp³-hybridized carbons (Fsp3) is 0.529. The summed E-state index contributed by atoms with van der Waals surface area (Å²) in [6.07, 6.45) is -2.34. The zero-order chi connectivity index (χ0) is 17.6. The molecule has 1 heterocycles. The van der Waals surface area contributed by atoms with Crippen molar-refractivity contribution in [2.75, 3.05) is 19.6 Å².